The summed E-state index contributed by atoms with van der Waals surface area (Å²) in [6.07, 6.45) is 5.58. The SMILES string of the molecule is Cc1cc(C(=O)N[C@@H]2CCC[C@]3(CCN(c4cccc(F)c4)C3=O)C2)ccn1. The van der Waals surface area contributed by atoms with Crippen LogP contribution in [0.3, 0.4) is 0 Å². The zero-order valence-electron chi connectivity index (χ0n) is 16.0. The number of hydrogen-bond acceptors (Lipinski definition) is 3. The molecular formula is C22H24FN3O2. The van der Waals surface area contributed by atoms with Crippen molar-refractivity contribution < 1.29 is 14.0 Å². The van der Waals surface area contributed by atoms with Crippen LogP contribution in [0.1, 0.15) is 48.2 Å². The topological polar surface area (TPSA) is 62.3 Å². The first kappa shape index (κ1) is 18.6. The fourth-order valence-electron chi connectivity index (χ4n) is 4.57. The molecule has 146 valence electrons. The Morgan fingerprint density at radius 1 is 1.29 bits per heavy atom. The minimum absolute atomic E-state index is 0.0360. The Bertz CT molecular complexity index is 916. The minimum Gasteiger partial charge on any atom is -0.349 e. The highest BCUT2D eigenvalue weighted by molar-refractivity contribution is 6.00. The van der Waals surface area contributed by atoms with Crippen molar-refractivity contribution in [3.63, 3.8) is 0 Å². The monoisotopic (exact) mass is 381 g/mol. The first-order chi connectivity index (χ1) is 13.5. The van der Waals surface area contributed by atoms with E-state index in [-0.39, 0.29) is 23.7 Å². The molecule has 0 radical (unpaired) electrons. The number of rotatable bonds is 3. The van der Waals surface area contributed by atoms with Gasteiger partial charge >= 0.3 is 0 Å². The highest BCUT2D eigenvalue weighted by Crippen LogP contribution is 2.46. The van der Waals surface area contributed by atoms with Crippen molar-refractivity contribution in [3.8, 4) is 0 Å². The van der Waals surface area contributed by atoms with E-state index in [1.807, 2.05) is 6.92 Å². The predicted octanol–water partition coefficient (Wildman–Crippen LogP) is 3.62. The van der Waals surface area contributed by atoms with Gasteiger partial charge in [-0.15, -0.1) is 0 Å². The van der Waals surface area contributed by atoms with Gasteiger partial charge in [0.05, 0.1) is 5.41 Å². The molecule has 0 unspecified atom stereocenters. The fraction of sp³-hybridized carbons (Fsp3) is 0.409. The number of nitrogens with zero attached hydrogens (tertiary/aromatic N) is 2. The lowest BCUT2D eigenvalue weighted by molar-refractivity contribution is -0.127. The molecule has 0 bridgehead atoms. The van der Waals surface area contributed by atoms with Crippen LogP contribution in [-0.2, 0) is 4.79 Å². The van der Waals surface area contributed by atoms with Crippen LogP contribution in [0.15, 0.2) is 42.6 Å². The molecule has 2 aromatic rings. The second-order valence-corrected chi connectivity index (χ2v) is 7.92. The Morgan fingerprint density at radius 3 is 2.93 bits per heavy atom. The number of nitrogens with one attached hydrogen (secondary N) is 1. The maximum Gasteiger partial charge on any atom is 0.251 e. The lowest BCUT2D eigenvalue weighted by atomic mass is 9.71. The van der Waals surface area contributed by atoms with Crippen LogP contribution in [0, 0.1) is 18.2 Å². The number of amides is 2. The maximum atomic E-state index is 13.6. The largest absolute Gasteiger partial charge is 0.349 e. The van der Waals surface area contributed by atoms with Gasteiger partial charge in [-0.05, 0) is 62.9 Å². The highest BCUT2D eigenvalue weighted by atomic mass is 19.1. The molecule has 1 aliphatic heterocycles. The molecule has 1 spiro atoms. The van der Waals surface area contributed by atoms with Crippen LogP contribution >= 0.6 is 0 Å². The average molecular weight is 381 g/mol. The summed E-state index contributed by atoms with van der Waals surface area (Å²) in [7, 11) is 0. The van der Waals surface area contributed by atoms with E-state index in [0.29, 0.717) is 24.2 Å². The standard InChI is InChI=1S/C22H24FN3O2/c1-15-12-16(7-10-24-15)20(27)25-18-5-3-8-22(14-18)9-11-26(21(22)28)19-6-2-4-17(23)13-19/h2,4,6-7,10,12-13,18H,3,5,8-9,11,14H2,1H3,(H,25,27)/t18-,22+/m1/s1. The Balaban J connectivity index is 1.47. The lowest BCUT2D eigenvalue weighted by Gasteiger charge is -2.37. The number of hydrogen-bond donors (Lipinski definition) is 1. The van der Waals surface area contributed by atoms with Crippen molar-refractivity contribution in [2.75, 3.05) is 11.4 Å². The minimum atomic E-state index is -0.462. The van der Waals surface area contributed by atoms with Crippen LogP contribution in [0.4, 0.5) is 10.1 Å². The number of aromatic nitrogens is 1. The maximum absolute atomic E-state index is 13.6. The van der Waals surface area contributed by atoms with Gasteiger partial charge in [-0.2, -0.15) is 0 Å². The van der Waals surface area contributed by atoms with Crippen molar-refractivity contribution in [2.45, 2.75) is 45.1 Å². The smallest absolute Gasteiger partial charge is 0.251 e. The van der Waals surface area contributed by atoms with Crippen LogP contribution in [-0.4, -0.2) is 29.4 Å². The van der Waals surface area contributed by atoms with Gasteiger partial charge in [0.15, 0.2) is 0 Å². The molecule has 1 aromatic heterocycles. The first-order valence-electron chi connectivity index (χ1n) is 9.78. The molecule has 4 rings (SSSR count). The van der Waals surface area contributed by atoms with E-state index >= 15 is 0 Å². The van der Waals surface area contributed by atoms with Gasteiger partial charge in [0.2, 0.25) is 5.91 Å². The van der Waals surface area contributed by atoms with Crippen molar-refractivity contribution in [3.05, 3.63) is 59.7 Å². The summed E-state index contributed by atoms with van der Waals surface area (Å²) in [6.45, 7) is 2.44. The second kappa shape index (κ2) is 7.34. The third-order valence-corrected chi connectivity index (χ3v) is 5.97. The van der Waals surface area contributed by atoms with Gasteiger partial charge < -0.3 is 10.2 Å². The van der Waals surface area contributed by atoms with Crippen molar-refractivity contribution >= 4 is 17.5 Å². The van der Waals surface area contributed by atoms with Crippen LogP contribution in [0.25, 0.3) is 0 Å². The molecule has 1 N–H and O–H groups in total. The highest BCUT2D eigenvalue weighted by Gasteiger charge is 2.49. The summed E-state index contributed by atoms with van der Waals surface area (Å²) in [5, 5.41) is 3.10. The van der Waals surface area contributed by atoms with Crippen LogP contribution < -0.4 is 10.2 Å². The molecule has 1 aromatic carbocycles. The number of pyridine rings is 1. The number of anilines is 1. The summed E-state index contributed by atoms with van der Waals surface area (Å²) in [6, 6.07) is 9.62. The van der Waals surface area contributed by atoms with Crippen molar-refractivity contribution in [2.24, 2.45) is 5.41 Å². The van der Waals surface area contributed by atoms with Gasteiger partial charge in [0, 0.05) is 35.7 Å². The summed E-state index contributed by atoms with van der Waals surface area (Å²) >= 11 is 0. The fourth-order valence-corrected chi connectivity index (χ4v) is 4.57. The van der Waals surface area contributed by atoms with E-state index in [2.05, 4.69) is 10.3 Å². The average Bonchev–Trinajstić information content (AvgIpc) is 2.97. The number of carbonyl (C=O) groups is 2. The second-order valence-electron chi connectivity index (χ2n) is 7.92. The molecule has 1 saturated heterocycles. The van der Waals surface area contributed by atoms with Gasteiger partial charge in [0.1, 0.15) is 5.82 Å². The number of benzene rings is 1. The molecule has 5 nitrogen and oxygen atoms in total. The number of halogens is 1. The third-order valence-electron chi connectivity index (χ3n) is 5.97. The first-order valence-corrected chi connectivity index (χ1v) is 9.78. The summed E-state index contributed by atoms with van der Waals surface area (Å²) in [4.78, 5) is 31.6. The van der Waals surface area contributed by atoms with Gasteiger partial charge in [-0.25, -0.2) is 4.39 Å². The van der Waals surface area contributed by atoms with Crippen molar-refractivity contribution in [1.82, 2.24) is 10.3 Å². The quantitative estimate of drug-likeness (QED) is 0.883. The summed E-state index contributed by atoms with van der Waals surface area (Å²) in [5.74, 6) is -0.413. The summed E-state index contributed by atoms with van der Waals surface area (Å²) < 4.78 is 13.6. The number of aryl methyl sites for hydroxylation is 1. The Morgan fingerprint density at radius 2 is 2.14 bits per heavy atom. The summed E-state index contributed by atoms with van der Waals surface area (Å²) in [5.41, 5.74) is 1.53. The molecule has 6 heteroatoms. The van der Waals surface area contributed by atoms with Gasteiger partial charge in [-0.1, -0.05) is 12.5 Å². The normalized spacial score (nSPS) is 24.6. The van der Waals surface area contributed by atoms with Crippen LogP contribution in [0.2, 0.25) is 0 Å². The van der Waals surface area contributed by atoms with Gasteiger partial charge in [-0.3, -0.25) is 14.6 Å². The molecular weight excluding hydrogens is 357 g/mol. The molecule has 1 aliphatic carbocycles. The van der Waals surface area contributed by atoms with E-state index in [1.54, 1.807) is 35.4 Å². The molecule has 2 fully saturated rings. The van der Waals surface area contributed by atoms with E-state index in [9.17, 15) is 14.0 Å². The lowest BCUT2D eigenvalue weighted by Crippen LogP contribution is -2.46. The van der Waals surface area contributed by atoms with Crippen molar-refractivity contribution in [1.29, 1.82) is 0 Å². The van der Waals surface area contributed by atoms with Gasteiger partial charge in [0.25, 0.3) is 5.91 Å². The van der Waals surface area contributed by atoms with Crippen LogP contribution in [0.5, 0.6) is 0 Å². The Labute approximate surface area is 164 Å². The molecule has 2 heterocycles. The molecule has 2 aliphatic rings. The molecule has 28 heavy (non-hydrogen) atoms. The Hall–Kier alpha value is -2.76. The molecule has 1 saturated carbocycles. The van der Waals surface area contributed by atoms with E-state index in [4.69, 9.17) is 0 Å². The van der Waals surface area contributed by atoms with E-state index < -0.39 is 5.41 Å². The molecule has 2 amide bonds. The zero-order chi connectivity index (χ0) is 19.7. The van der Waals surface area contributed by atoms with E-state index in [0.717, 1.165) is 31.4 Å². The third kappa shape index (κ3) is 3.51. The molecule has 2 atom stereocenters. The number of carbonyl (C=O) groups excluding carboxylic acids is 2. The Kier molecular flexibility index (Phi) is 4.87. The zero-order valence-corrected chi connectivity index (χ0v) is 16.0. The predicted molar refractivity (Wildman–Crippen MR) is 104 cm³/mol. The van der Waals surface area contributed by atoms with E-state index in [1.165, 1.54) is 12.1 Å².